The zero-order valence-electron chi connectivity index (χ0n) is 12.7. The molecule has 2 nitrogen and oxygen atoms in total. The van der Waals surface area contributed by atoms with Crippen LogP contribution in [0, 0.1) is 0 Å². The van der Waals surface area contributed by atoms with Crippen molar-refractivity contribution in [2.75, 3.05) is 26.7 Å². The molecule has 1 unspecified atom stereocenters. The molecule has 0 aliphatic rings. The molecule has 1 aromatic heterocycles. The summed E-state index contributed by atoms with van der Waals surface area (Å²) >= 11 is 7.89. The van der Waals surface area contributed by atoms with Crippen LogP contribution in [-0.4, -0.2) is 31.6 Å². The standard InChI is InChI=1S/C17H23ClN2S/c1-14(15-5-3-6-16(18)13-15)20(2)11-10-19-9-8-17-7-4-12-21-17/h3-7,12-14,19H,8-11H2,1-2H3. The highest BCUT2D eigenvalue weighted by atomic mass is 35.5. The summed E-state index contributed by atoms with van der Waals surface area (Å²) in [6.45, 7) is 5.29. The van der Waals surface area contributed by atoms with Crippen LogP contribution in [0.3, 0.4) is 0 Å². The highest BCUT2D eigenvalue weighted by molar-refractivity contribution is 7.09. The number of nitrogens with one attached hydrogen (secondary N) is 1. The van der Waals surface area contributed by atoms with Crippen molar-refractivity contribution in [3.8, 4) is 0 Å². The van der Waals surface area contributed by atoms with E-state index in [0.29, 0.717) is 6.04 Å². The molecule has 0 spiro atoms. The van der Waals surface area contributed by atoms with Crippen LogP contribution in [0.4, 0.5) is 0 Å². The van der Waals surface area contributed by atoms with Gasteiger partial charge in [0.05, 0.1) is 0 Å². The number of halogens is 1. The van der Waals surface area contributed by atoms with Crippen LogP contribution >= 0.6 is 22.9 Å². The van der Waals surface area contributed by atoms with Gasteiger partial charge in [-0.15, -0.1) is 11.3 Å². The van der Waals surface area contributed by atoms with E-state index in [2.05, 4.69) is 47.8 Å². The molecule has 21 heavy (non-hydrogen) atoms. The first-order valence-electron chi connectivity index (χ1n) is 7.35. The van der Waals surface area contributed by atoms with E-state index in [1.807, 2.05) is 29.5 Å². The maximum Gasteiger partial charge on any atom is 0.0409 e. The van der Waals surface area contributed by atoms with Gasteiger partial charge in [0.25, 0.3) is 0 Å². The molecule has 0 saturated heterocycles. The summed E-state index contributed by atoms with van der Waals surface area (Å²) in [7, 11) is 2.16. The summed E-state index contributed by atoms with van der Waals surface area (Å²) in [4.78, 5) is 3.80. The SMILES string of the molecule is CC(c1cccc(Cl)c1)N(C)CCNCCc1cccs1. The van der Waals surface area contributed by atoms with Gasteiger partial charge in [0.1, 0.15) is 0 Å². The van der Waals surface area contributed by atoms with Crippen molar-refractivity contribution in [2.24, 2.45) is 0 Å². The maximum atomic E-state index is 6.06. The van der Waals surface area contributed by atoms with Crippen LogP contribution in [0.2, 0.25) is 5.02 Å². The number of likely N-dealkylation sites (N-methyl/N-ethyl adjacent to an activating group) is 1. The van der Waals surface area contributed by atoms with E-state index in [0.717, 1.165) is 31.1 Å². The molecule has 1 N–H and O–H groups in total. The molecule has 2 rings (SSSR count). The Morgan fingerprint density at radius 1 is 1.24 bits per heavy atom. The fourth-order valence-corrected chi connectivity index (χ4v) is 3.17. The molecule has 1 aromatic carbocycles. The average molecular weight is 323 g/mol. The van der Waals surface area contributed by atoms with Crippen molar-refractivity contribution in [1.82, 2.24) is 10.2 Å². The Hall–Kier alpha value is -0.870. The fourth-order valence-electron chi connectivity index (χ4n) is 2.26. The Kier molecular flexibility index (Phi) is 6.71. The van der Waals surface area contributed by atoms with E-state index in [-0.39, 0.29) is 0 Å². The van der Waals surface area contributed by atoms with E-state index in [1.54, 1.807) is 0 Å². The molecule has 0 amide bonds. The van der Waals surface area contributed by atoms with Crippen LogP contribution in [-0.2, 0) is 6.42 Å². The van der Waals surface area contributed by atoms with Gasteiger partial charge < -0.3 is 5.32 Å². The number of thiophene rings is 1. The number of hydrogen-bond donors (Lipinski definition) is 1. The second-order valence-electron chi connectivity index (χ2n) is 5.29. The lowest BCUT2D eigenvalue weighted by molar-refractivity contribution is 0.261. The zero-order valence-corrected chi connectivity index (χ0v) is 14.3. The second kappa shape index (κ2) is 8.54. The maximum absolute atomic E-state index is 6.06. The van der Waals surface area contributed by atoms with Gasteiger partial charge in [-0.1, -0.05) is 29.8 Å². The van der Waals surface area contributed by atoms with Gasteiger partial charge in [-0.3, -0.25) is 4.90 Å². The van der Waals surface area contributed by atoms with Crippen LogP contribution in [0.1, 0.15) is 23.4 Å². The van der Waals surface area contributed by atoms with Gasteiger partial charge in [0, 0.05) is 35.6 Å². The molecule has 0 bridgehead atoms. The molecular weight excluding hydrogens is 300 g/mol. The van der Waals surface area contributed by atoms with E-state index in [9.17, 15) is 0 Å². The predicted octanol–water partition coefficient (Wildman–Crippen LogP) is 4.23. The summed E-state index contributed by atoms with van der Waals surface area (Å²) in [6.07, 6.45) is 1.12. The van der Waals surface area contributed by atoms with E-state index >= 15 is 0 Å². The Balaban J connectivity index is 1.68. The van der Waals surface area contributed by atoms with Gasteiger partial charge in [0.2, 0.25) is 0 Å². The molecule has 0 radical (unpaired) electrons. The van der Waals surface area contributed by atoms with Crippen LogP contribution < -0.4 is 5.32 Å². The van der Waals surface area contributed by atoms with Gasteiger partial charge >= 0.3 is 0 Å². The molecule has 114 valence electrons. The molecule has 1 atom stereocenters. The van der Waals surface area contributed by atoms with Gasteiger partial charge in [0.15, 0.2) is 0 Å². The van der Waals surface area contributed by atoms with Crippen molar-refractivity contribution in [1.29, 1.82) is 0 Å². The molecule has 2 aromatic rings. The Labute approximate surface area is 136 Å². The van der Waals surface area contributed by atoms with Gasteiger partial charge in [-0.2, -0.15) is 0 Å². The van der Waals surface area contributed by atoms with Crippen molar-refractivity contribution >= 4 is 22.9 Å². The third-order valence-electron chi connectivity index (χ3n) is 3.76. The van der Waals surface area contributed by atoms with E-state index < -0.39 is 0 Å². The summed E-state index contributed by atoms with van der Waals surface area (Å²) in [5.74, 6) is 0. The summed E-state index contributed by atoms with van der Waals surface area (Å²) in [5.41, 5.74) is 1.27. The Morgan fingerprint density at radius 3 is 2.81 bits per heavy atom. The average Bonchev–Trinajstić information content (AvgIpc) is 2.99. The molecule has 0 aliphatic carbocycles. The minimum atomic E-state index is 0.378. The minimum absolute atomic E-state index is 0.378. The van der Waals surface area contributed by atoms with Crippen molar-refractivity contribution in [3.05, 3.63) is 57.2 Å². The van der Waals surface area contributed by atoms with Gasteiger partial charge in [-0.05, 0) is 49.5 Å². The lowest BCUT2D eigenvalue weighted by atomic mass is 10.1. The Bertz CT molecular complexity index is 527. The molecular formula is C17H23ClN2S. The van der Waals surface area contributed by atoms with Crippen LogP contribution in [0.25, 0.3) is 0 Å². The van der Waals surface area contributed by atoms with Crippen molar-refractivity contribution in [3.63, 3.8) is 0 Å². The highest BCUT2D eigenvalue weighted by Gasteiger charge is 2.11. The first-order valence-corrected chi connectivity index (χ1v) is 8.61. The minimum Gasteiger partial charge on any atom is -0.315 e. The third kappa shape index (κ3) is 5.44. The Morgan fingerprint density at radius 2 is 2.10 bits per heavy atom. The predicted molar refractivity (Wildman–Crippen MR) is 93.4 cm³/mol. The first-order chi connectivity index (χ1) is 10.2. The highest BCUT2D eigenvalue weighted by Crippen LogP contribution is 2.21. The summed E-state index contributed by atoms with van der Waals surface area (Å²) < 4.78 is 0. The largest absolute Gasteiger partial charge is 0.315 e. The summed E-state index contributed by atoms with van der Waals surface area (Å²) in [6, 6.07) is 12.8. The van der Waals surface area contributed by atoms with Crippen LogP contribution in [0.15, 0.2) is 41.8 Å². The molecule has 0 saturated carbocycles. The van der Waals surface area contributed by atoms with Crippen molar-refractivity contribution < 1.29 is 0 Å². The first kappa shape index (κ1) is 16.5. The van der Waals surface area contributed by atoms with Gasteiger partial charge in [-0.25, -0.2) is 0 Å². The van der Waals surface area contributed by atoms with Crippen LogP contribution in [0.5, 0.6) is 0 Å². The third-order valence-corrected chi connectivity index (χ3v) is 4.93. The molecule has 0 fully saturated rings. The number of hydrogen-bond acceptors (Lipinski definition) is 3. The molecule has 4 heteroatoms. The fraction of sp³-hybridized carbons (Fsp3) is 0.412. The normalized spacial score (nSPS) is 12.8. The van der Waals surface area contributed by atoms with E-state index in [1.165, 1.54) is 10.4 Å². The number of rotatable bonds is 8. The zero-order chi connectivity index (χ0) is 15.1. The number of nitrogens with zero attached hydrogens (tertiary/aromatic N) is 1. The quantitative estimate of drug-likeness (QED) is 0.732. The number of benzene rings is 1. The smallest absolute Gasteiger partial charge is 0.0409 e. The monoisotopic (exact) mass is 322 g/mol. The lowest BCUT2D eigenvalue weighted by Crippen LogP contribution is -2.32. The van der Waals surface area contributed by atoms with E-state index in [4.69, 9.17) is 11.6 Å². The van der Waals surface area contributed by atoms with Crippen molar-refractivity contribution in [2.45, 2.75) is 19.4 Å². The molecule has 0 aliphatic heterocycles. The topological polar surface area (TPSA) is 15.3 Å². The second-order valence-corrected chi connectivity index (χ2v) is 6.76. The lowest BCUT2D eigenvalue weighted by Gasteiger charge is -2.25. The molecule has 1 heterocycles. The summed E-state index contributed by atoms with van der Waals surface area (Å²) in [5, 5.41) is 6.45.